The van der Waals surface area contributed by atoms with Crippen LogP contribution in [0.5, 0.6) is 5.75 Å². The van der Waals surface area contributed by atoms with E-state index in [4.69, 9.17) is 10.5 Å². The van der Waals surface area contributed by atoms with E-state index in [-0.39, 0.29) is 6.42 Å². The molecule has 6 nitrogen and oxygen atoms in total. The number of benzene rings is 1. The van der Waals surface area contributed by atoms with Crippen molar-refractivity contribution in [1.29, 1.82) is 0 Å². The van der Waals surface area contributed by atoms with Crippen molar-refractivity contribution in [3.63, 3.8) is 0 Å². The molecular weight excluding hydrogens is 264 g/mol. The Morgan fingerprint density at radius 2 is 2.16 bits per heavy atom. The molecule has 0 aliphatic heterocycles. The Bertz CT molecular complexity index is 597. The molecular formula is C12H14N4O2S. The molecule has 0 atom stereocenters. The molecule has 0 aliphatic carbocycles. The smallest absolute Gasteiger partial charge is 0.225 e. The van der Waals surface area contributed by atoms with Gasteiger partial charge in [-0.3, -0.25) is 4.79 Å². The van der Waals surface area contributed by atoms with E-state index in [0.717, 1.165) is 11.3 Å². The number of carbonyl (C=O) groups excluding carboxylic acids is 1. The van der Waals surface area contributed by atoms with Crippen LogP contribution in [0, 0.1) is 0 Å². The van der Waals surface area contributed by atoms with E-state index in [9.17, 15) is 4.79 Å². The summed E-state index contributed by atoms with van der Waals surface area (Å²) in [5.41, 5.74) is 6.13. The Labute approximate surface area is 116 Å². The molecule has 0 radical (unpaired) electrons. The highest BCUT2D eigenvalue weighted by molar-refractivity contribution is 7.80. The Morgan fingerprint density at radius 1 is 1.42 bits per heavy atom. The molecule has 0 fully saturated rings. The molecule has 1 amide bonds. The maximum Gasteiger partial charge on any atom is 0.225 e. The summed E-state index contributed by atoms with van der Waals surface area (Å²) in [5, 5.41) is 8.18. The Morgan fingerprint density at radius 3 is 2.84 bits per heavy atom. The number of para-hydroxylation sites is 1. The van der Waals surface area contributed by atoms with E-state index in [2.05, 4.69) is 22.8 Å². The molecule has 0 aliphatic rings. The monoisotopic (exact) mass is 278 g/mol. The van der Waals surface area contributed by atoms with Gasteiger partial charge in [-0.15, -0.1) is 22.8 Å². The predicted molar refractivity (Wildman–Crippen MR) is 72.3 cm³/mol. The highest BCUT2D eigenvalue weighted by atomic mass is 32.1. The summed E-state index contributed by atoms with van der Waals surface area (Å²) in [6, 6.07) is 7.60. The molecule has 1 aromatic carbocycles. The number of nitrogens with two attached hydrogens (primary N) is 1. The molecule has 7 heteroatoms. The number of primary amides is 1. The van der Waals surface area contributed by atoms with Gasteiger partial charge in [0.1, 0.15) is 11.6 Å². The average molecular weight is 278 g/mol. The standard InChI is InChI=1S/C12H14N4O2S/c1-18-9-5-3-2-4-8(9)7-16-11(6-10(13)17)14-15-12(16)19/h2-5H,6-7H2,1H3,(H2,13,17)(H,15,19). The second-order valence-corrected chi connectivity index (χ2v) is 4.36. The highest BCUT2D eigenvalue weighted by Crippen LogP contribution is 2.20. The van der Waals surface area contributed by atoms with E-state index >= 15 is 0 Å². The zero-order valence-electron chi connectivity index (χ0n) is 10.4. The van der Waals surface area contributed by atoms with E-state index in [1.54, 1.807) is 11.7 Å². The minimum Gasteiger partial charge on any atom is -0.496 e. The molecule has 0 bridgehead atoms. The number of thiol groups is 1. The van der Waals surface area contributed by atoms with Crippen LogP contribution >= 0.6 is 12.6 Å². The number of aromatic nitrogens is 3. The van der Waals surface area contributed by atoms with Crippen molar-refractivity contribution in [2.45, 2.75) is 18.1 Å². The Balaban J connectivity index is 2.32. The van der Waals surface area contributed by atoms with Gasteiger partial charge in [-0.1, -0.05) is 18.2 Å². The quantitative estimate of drug-likeness (QED) is 0.787. The zero-order valence-corrected chi connectivity index (χ0v) is 11.3. The molecule has 0 unspecified atom stereocenters. The van der Waals surface area contributed by atoms with Crippen molar-refractivity contribution in [3.8, 4) is 5.75 Å². The SMILES string of the molecule is COc1ccccc1Cn1c(S)nnc1CC(N)=O. The lowest BCUT2D eigenvalue weighted by molar-refractivity contribution is -0.117. The van der Waals surface area contributed by atoms with Gasteiger partial charge < -0.3 is 15.0 Å². The van der Waals surface area contributed by atoms with Crippen molar-refractivity contribution < 1.29 is 9.53 Å². The summed E-state index contributed by atoms with van der Waals surface area (Å²) in [4.78, 5) is 11.0. The van der Waals surface area contributed by atoms with Crippen molar-refractivity contribution in [3.05, 3.63) is 35.7 Å². The fraction of sp³-hybridized carbons (Fsp3) is 0.250. The van der Waals surface area contributed by atoms with Crippen LogP contribution in [0.1, 0.15) is 11.4 Å². The van der Waals surface area contributed by atoms with Crippen molar-refractivity contribution in [1.82, 2.24) is 14.8 Å². The second-order valence-electron chi connectivity index (χ2n) is 3.96. The molecule has 1 aromatic heterocycles. The summed E-state index contributed by atoms with van der Waals surface area (Å²) >= 11 is 4.23. The lowest BCUT2D eigenvalue weighted by Gasteiger charge is -2.11. The van der Waals surface area contributed by atoms with E-state index in [0.29, 0.717) is 17.5 Å². The van der Waals surface area contributed by atoms with Crippen molar-refractivity contribution in [2.75, 3.05) is 7.11 Å². The summed E-state index contributed by atoms with van der Waals surface area (Å²) in [5.74, 6) is 0.791. The first-order chi connectivity index (χ1) is 9.11. The first-order valence-electron chi connectivity index (χ1n) is 5.63. The maximum absolute atomic E-state index is 11.0. The number of nitrogens with zero attached hydrogens (tertiary/aromatic N) is 3. The Hall–Kier alpha value is -2.02. The van der Waals surface area contributed by atoms with Crippen molar-refractivity contribution >= 4 is 18.5 Å². The first kappa shape index (κ1) is 13.4. The van der Waals surface area contributed by atoms with Gasteiger partial charge in [0, 0.05) is 5.56 Å². The third kappa shape index (κ3) is 3.05. The third-order valence-corrected chi connectivity index (χ3v) is 2.99. The van der Waals surface area contributed by atoms with Gasteiger partial charge in [0.05, 0.1) is 20.1 Å². The van der Waals surface area contributed by atoms with Crippen LogP contribution < -0.4 is 10.5 Å². The summed E-state index contributed by atoms with van der Waals surface area (Å²) in [6.45, 7) is 0.471. The largest absolute Gasteiger partial charge is 0.496 e. The minimum absolute atomic E-state index is 0.0305. The number of methoxy groups -OCH3 is 1. The predicted octanol–water partition coefficient (Wildman–Crippen LogP) is 0.651. The van der Waals surface area contributed by atoms with Gasteiger partial charge in [0.2, 0.25) is 5.91 Å². The zero-order chi connectivity index (χ0) is 13.8. The maximum atomic E-state index is 11.0. The topological polar surface area (TPSA) is 83.0 Å². The highest BCUT2D eigenvalue weighted by Gasteiger charge is 2.13. The van der Waals surface area contributed by atoms with Crippen LogP contribution in [-0.2, 0) is 17.8 Å². The molecule has 0 saturated carbocycles. The molecule has 0 saturated heterocycles. The van der Waals surface area contributed by atoms with Crippen LogP contribution in [0.25, 0.3) is 0 Å². The molecule has 2 aromatic rings. The summed E-state index contributed by atoms with van der Waals surface area (Å²) in [7, 11) is 1.61. The van der Waals surface area contributed by atoms with E-state index in [1.165, 1.54) is 0 Å². The number of hydrogen-bond donors (Lipinski definition) is 2. The normalized spacial score (nSPS) is 10.4. The fourth-order valence-electron chi connectivity index (χ4n) is 1.78. The van der Waals surface area contributed by atoms with Crippen LogP contribution in [0.15, 0.2) is 29.4 Å². The van der Waals surface area contributed by atoms with Gasteiger partial charge in [0.15, 0.2) is 5.16 Å². The lowest BCUT2D eigenvalue weighted by atomic mass is 10.2. The van der Waals surface area contributed by atoms with E-state index < -0.39 is 5.91 Å². The van der Waals surface area contributed by atoms with Crippen LogP contribution in [0.3, 0.4) is 0 Å². The molecule has 0 spiro atoms. The number of ether oxygens (including phenoxy) is 1. The number of carbonyl (C=O) groups is 1. The molecule has 19 heavy (non-hydrogen) atoms. The molecule has 100 valence electrons. The summed E-state index contributed by atoms with van der Waals surface area (Å²) in [6.07, 6.45) is 0.0305. The lowest BCUT2D eigenvalue weighted by Crippen LogP contribution is -2.18. The average Bonchev–Trinajstić information content (AvgIpc) is 2.71. The number of amides is 1. The number of rotatable bonds is 5. The Kier molecular flexibility index (Phi) is 4.06. The van der Waals surface area contributed by atoms with Gasteiger partial charge in [-0.2, -0.15) is 0 Å². The summed E-state index contributed by atoms with van der Waals surface area (Å²) < 4.78 is 7.01. The first-order valence-corrected chi connectivity index (χ1v) is 6.07. The van der Waals surface area contributed by atoms with E-state index in [1.807, 2.05) is 24.3 Å². The number of hydrogen-bond acceptors (Lipinski definition) is 5. The van der Waals surface area contributed by atoms with Gasteiger partial charge in [-0.05, 0) is 6.07 Å². The third-order valence-electron chi connectivity index (χ3n) is 2.66. The molecule has 2 N–H and O–H groups in total. The van der Waals surface area contributed by atoms with Gasteiger partial charge in [0.25, 0.3) is 0 Å². The second kappa shape index (κ2) is 5.75. The fourth-order valence-corrected chi connectivity index (χ4v) is 2.01. The minimum atomic E-state index is -0.456. The molecule has 1 heterocycles. The van der Waals surface area contributed by atoms with Crippen LogP contribution in [-0.4, -0.2) is 27.8 Å². The van der Waals surface area contributed by atoms with Crippen LogP contribution in [0.2, 0.25) is 0 Å². The molecule has 2 rings (SSSR count). The van der Waals surface area contributed by atoms with Crippen LogP contribution in [0.4, 0.5) is 0 Å². The van der Waals surface area contributed by atoms with Crippen molar-refractivity contribution in [2.24, 2.45) is 5.73 Å². The van der Waals surface area contributed by atoms with Gasteiger partial charge in [-0.25, -0.2) is 0 Å². The van der Waals surface area contributed by atoms with Gasteiger partial charge >= 0.3 is 0 Å².